The van der Waals surface area contributed by atoms with Crippen LogP contribution in [0.3, 0.4) is 0 Å². The van der Waals surface area contributed by atoms with Crippen molar-refractivity contribution in [3.8, 4) is 5.75 Å². The Bertz CT molecular complexity index is 1370. The van der Waals surface area contributed by atoms with Gasteiger partial charge in [-0.25, -0.2) is 0 Å². The summed E-state index contributed by atoms with van der Waals surface area (Å²) in [6, 6.07) is 33.7. The van der Waals surface area contributed by atoms with Crippen molar-refractivity contribution in [1.82, 2.24) is 4.90 Å². The number of ether oxygens (including phenoxy) is 1. The molecule has 0 aliphatic heterocycles. The Morgan fingerprint density at radius 1 is 0.667 bits per heavy atom. The first-order chi connectivity index (χ1) is 16.3. The van der Waals surface area contributed by atoms with Gasteiger partial charge in [0.25, 0.3) is 0 Å². The van der Waals surface area contributed by atoms with E-state index >= 15 is 0 Å². The number of nitrogens with zero attached hydrogens (tertiary/aromatic N) is 1. The summed E-state index contributed by atoms with van der Waals surface area (Å²) in [6.45, 7) is 2.99. The van der Waals surface area contributed by atoms with E-state index in [-0.39, 0.29) is 5.43 Å². The second-order valence-corrected chi connectivity index (χ2v) is 8.12. The average Bonchev–Trinajstić information content (AvgIpc) is 2.85. The van der Waals surface area contributed by atoms with Crippen molar-refractivity contribution in [2.45, 2.75) is 13.1 Å². The number of fused-ring (bicyclic) bond motifs is 2. The van der Waals surface area contributed by atoms with Gasteiger partial charge in [0.2, 0.25) is 5.43 Å². The molecule has 0 radical (unpaired) electrons. The molecule has 0 saturated carbocycles. The topological polar surface area (TPSA) is 42.7 Å². The van der Waals surface area contributed by atoms with E-state index in [0.717, 1.165) is 19.6 Å². The highest BCUT2D eigenvalue weighted by Gasteiger charge is 2.10. The zero-order valence-corrected chi connectivity index (χ0v) is 18.3. The maximum absolute atomic E-state index is 12.7. The summed E-state index contributed by atoms with van der Waals surface area (Å²) in [6.07, 6.45) is 0. The smallest absolute Gasteiger partial charge is 0.200 e. The lowest BCUT2D eigenvalue weighted by Crippen LogP contribution is -2.27. The third-order valence-corrected chi connectivity index (χ3v) is 5.72. The van der Waals surface area contributed by atoms with Crippen molar-refractivity contribution < 1.29 is 9.15 Å². The molecule has 0 bridgehead atoms. The van der Waals surface area contributed by atoms with Crippen LogP contribution in [0.15, 0.2) is 112 Å². The van der Waals surface area contributed by atoms with E-state index in [4.69, 9.17) is 9.15 Å². The van der Waals surface area contributed by atoms with Crippen LogP contribution in [0.25, 0.3) is 21.9 Å². The molecule has 164 valence electrons. The van der Waals surface area contributed by atoms with Crippen molar-refractivity contribution in [2.75, 3.05) is 13.2 Å². The molecule has 0 fully saturated rings. The second kappa shape index (κ2) is 9.72. The predicted octanol–water partition coefficient (Wildman–Crippen LogP) is 6.03. The van der Waals surface area contributed by atoms with Crippen molar-refractivity contribution >= 4 is 21.9 Å². The minimum atomic E-state index is -0.0182. The highest BCUT2D eigenvalue weighted by Crippen LogP contribution is 2.23. The zero-order chi connectivity index (χ0) is 22.5. The highest BCUT2D eigenvalue weighted by atomic mass is 16.5. The molecule has 0 aliphatic carbocycles. The van der Waals surface area contributed by atoms with Gasteiger partial charge in [0, 0.05) is 25.7 Å². The number of hydrogen-bond donors (Lipinski definition) is 0. The van der Waals surface area contributed by atoms with Crippen LogP contribution in [0, 0.1) is 0 Å². The molecular formula is C29H25NO3. The quantitative estimate of drug-likeness (QED) is 0.279. The standard InChI is InChI=1S/C29H25NO3/c31-29-25-13-7-8-14-27(25)33-28-19-24(15-16-26(28)29)32-18-17-30(20-22-9-3-1-4-10-22)21-23-11-5-2-6-12-23/h1-16,19H,17-18,20-21H2. The van der Waals surface area contributed by atoms with Crippen LogP contribution in [0.5, 0.6) is 5.75 Å². The number of rotatable bonds is 8. The first kappa shape index (κ1) is 21.0. The van der Waals surface area contributed by atoms with Gasteiger partial charge in [-0.15, -0.1) is 0 Å². The largest absolute Gasteiger partial charge is 0.492 e. The maximum Gasteiger partial charge on any atom is 0.200 e. The lowest BCUT2D eigenvalue weighted by atomic mass is 10.1. The summed E-state index contributed by atoms with van der Waals surface area (Å²) in [4.78, 5) is 15.1. The van der Waals surface area contributed by atoms with Crippen LogP contribution >= 0.6 is 0 Å². The van der Waals surface area contributed by atoms with Gasteiger partial charge in [-0.3, -0.25) is 9.69 Å². The van der Waals surface area contributed by atoms with Gasteiger partial charge in [0.1, 0.15) is 23.5 Å². The fourth-order valence-corrected chi connectivity index (χ4v) is 4.06. The normalized spacial score (nSPS) is 11.3. The molecule has 4 heteroatoms. The molecule has 4 nitrogen and oxygen atoms in total. The molecule has 0 spiro atoms. The Morgan fingerprint density at radius 3 is 1.97 bits per heavy atom. The lowest BCUT2D eigenvalue weighted by Gasteiger charge is -2.23. The molecule has 1 aromatic heterocycles. The Hall–Kier alpha value is -3.89. The van der Waals surface area contributed by atoms with Gasteiger partial charge >= 0.3 is 0 Å². The van der Waals surface area contributed by atoms with E-state index in [0.29, 0.717) is 34.3 Å². The Kier molecular flexibility index (Phi) is 6.18. The van der Waals surface area contributed by atoms with E-state index in [2.05, 4.69) is 53.4 Å². The number of benzene rings is 4. The minimum absolute atomic E-state index is 0.0182. The van der Waals surface area contributed by atoms with Crippen molar-refractivity contribution in [3.05, 3.63) is 124 Å². The second-order valence-electron chi connectivity index (χ2n) is 8.12. The van der Waals surface area contributed by atoms with Crippen LogP contribution < -0.4 is 10.2 Å². The Morgan fingerprint density at radius 2 is 1.27 bits per heavy atom. The summed E-state index contributed by atoms with van der Waals surface area (Å²) in [7, 11) is 0. The predicted molar refractivity (Wildman–Crippen MR) is 132 cm³/mol. The van der Waals surface area contributed by atoms with Crippen LogP contribution in [-0.2, 0) is 13.1 Å². The SMILES string of the molecule is O=c1c2ccccc2oc2cc(OCCN(Cc3ccccc3)Cc3ccccc3)ccc12. The summed E-state index contributed by atoms with van der Waals surface area (Å²) >= 11 is 0. The molecule has 0 saturated heterocycles. The van der Waals surface area contributed by atoms with Crippen molar-refractivity contribution in [3.63, 3.8) is 0 Å². The summed E-state index contributed by atoms with van der Waals surface area (Å²) in [5, 5.41) is 1.16. The number of para-hydroxylation sites is 1. The van der Waals surface area contributed by atoms with E-state index in [1.165, 1.54) is 11.1 Å². The molecule has 0 unspecified atom stereocenters. The third kappa shape index (κ3) is 4.97. The van der Waals surface area contributed by atoms with Gasteiger partial charge in [0.05, 0.1) is 10.8 Å². The molecule has 0 N–H and O–H groups in total. The van der Waals surface area contributed by atoms with E-state index in [9.17, 15) is 4.79 Å². The molecular weight excluding hydrogens is 410 g/mol. The molecule has 1 heterocycles. The highest BCUT2D eigenvalue weighted by molar-refractivity contribution is 5.90. The molecule has 5 aromatic rings. The third-order valence-electron chi connectivity index (χ3n) is 5.72. The zero-order valence-electron chi connectivity index (χ0n) is 18.3. The maximum atomic E-state index is 12.7. The van der Waals surface area contributed by atoms with Gasteiger partial charge in [0.15, 0.2) is 0 Å². The van der Waals surface area contributed by atoms with Crippen LogP contribution in [0.2, 0.25) is 0 Å². The van der Waals surface area contributed by atoms with Crippen LogP contribution in [-0.4, -0.2) is 18.1 Å². The summed E-state index contributed by atoms with van der Waals surface area (Å²) < 4.78 is 12.0. The number of hydrogen-bond acceptors (Lipinski definition) is 4. The minimum Gasteiger partial charge on any atom is -0.492 e. The Balaban J connectivity index is 1.31. The molecule has 4 aromatic carbocycles. The van der Waals surface area contributed by atoms with E-state index < -0.39 is 0 Å². The monoisotopic (exact) mass is 435 g/mol. The van der Waals surface area contributed by atoms with Gasteiger partial charge in [-0.05, 0) is 35.4 Å². The Labute approximate surface area is 192 Å². The molecule has 0 amide bonds. The van der Waals surface area contributed by atoms with Crippen LogP contribution in [0.1, 0.15) is 11.1 Å². The summed E-state index contributed by atoms with van der Waals surface area (Å²) in [5.41, 5.74) is 3.65. The van der Waals surface area contributed by atoms with Crippen LogP contribution in [0.4, 0.5) is 0 Å². The molecule has 0 aliphatic rings. The molecule has 0 atom stereocenters. The lowest BCUT2D eigenvalue weighted by molar-refractivity contribution is 0.196. The van der Waals surface area contributed by atoms with Gasteiger partial charge in [-0.2, -0.15) is 0 Å². The summed E-state index contributed by atoms with van der Waals surface area (Å²) in [5.74, 6) is 0.695. The van der Waals surface area contributed by atoms with E-state index in [1.807, 2.05) is 42.5 Å². The fourth-order valence-electron chi connectivity index (χ4n) is 4.06. The van der Waals surface area contributed by atoms with Gasteiger partial charge in [-0.1, -0.05) is 72.8 Å². The fraction of sp³-hybridized carbons (Fsp3) is 0.138. The van der Waals surface area contributed by atoms with Crippen molar-refractivity contribution in [2.24, 2.45) is 0 Å². The first-order valence-corrected chi connectivity index (χ1v) is 11.1. The van der Waals surface area contributed by atoms with Crippen molar-refractivity contribution in [1.29, 1.82) is 0 Å². The molecule has 33 heavy (non-hydrogen) atoms. The average molecular weight is 436 g/mol. The first-order valence-electron chi connectivity index (χ1n) is 11.1. The van der Waals surface area contributed by atoms with Gasteiger partial charge < -0.3 is 9.15 Å². The van der Waals surface area contributed by atoms with E-state index in [1.54, 1.807) is 12.1 Å². The molecule has 5 rings (SSSR count).